The van der Waals surface area contributed by atoms with Crippen LogP contribution in [0.15, 0.2) is 30.3 Å². The van der Waals surface area contributed by atoms with Crippen LogP contribution in [0.25, 0.3) is 10.1 Å². The zero-order valence-corrected chi connectivity index (χ0v) is 11.1. The summed E-state index contributed by atoms with van der Waals surface area (Å²) in [6.07, 6.45) is 0.554. The fraction of sp³-hybridized carbons (Fsp3) is 0.429. The highest BCUT2D eigenvalue weighted by Crippen LogP contribution is 2.29. The number of rotatable bonds is 5. The van der Waals surface area contributed by atoms with Gasteiger partial charge in [0.25, 0.3) is 0 Å². The van der Waals surface area contributed by atoms with E-state index in [1.165, 1.54) is 15.0 Å². The molecule has 0 fully saturated rings. The fourth-order valence-electron chi connectivity index (χ4n) is 1.77. The van der Waals surface area contributed by atoms with Gasteiger partial charge >= 0.3 is 0 Å². The number of hydrogen-bond acceptors (Lipinski definition) is 3. The van der Waals surface area contributed by atoms with Gasteiger partial charge in [-0.25, -0.2) is 0 Å². The summed E-state index contributed by atoms with van der Waals surface area (Å²) in [4.78, 5) is 1.33. The molecule has 0 saturated heterocycles. The summed E-state index contributed by atoms with van der Waals surface area (Å²) in [5.74, 6) is 0. The molecule has 0 aliphatic rings. The lowest BCUT2D eigenvalue weighted by Crippen LogP contribution is -2.28. The highest BCUT2D eigenvalue weighted by atomic mass is 32.1. The van der Waals surface area contributed by atoms with Gasteiger partial charge in [-0.1, -0.05) is 25.1 Å². The first-order chi connectivity index (χ1) is 8.20. The highest BCUT2D eigenvalue weighted by Gasteiger charge is 2.10. The molecule has 2 aromatic rings. The van der Waals surface area contributed by atoms with Crippen molar-refractivity contribution in [2.24, 2.45) is 0 Å². The lowest BCUT2D eigenvalue weighted by atomic mass is 10.2. The summed E-state index contributed by atoms with van der Waals surface area (Å²) in [7, 11) is 0. The van der Waals surface area contributed by atoms with Gasteiger partial charge in [0.2, 0.25) is 0 Å². The van der Waals surface area contributed by atoms with Crippen LogP contribution >= 0.6 is 11.3 Å². The first-order valence-electron chi connectivity index (χ1n) is 6.10. The Morgan fingerprint density at radius 3 is 2.82 bits per heavy atom. The number of hydrogen-bond donors (Lipinski definition) is 2. The Hall–Kier alpha value is -0.900. The molecule has 2 nitrogen and oxygen atoms in total. The van der Waals surface area contributed by atoms with Gasteiger partial charge in [0.05, 0.1) is 6.10 Å². The smallest absolute Gasteiger partial charge is 0.0662 e. The van der Waals surface area contributed by atoms with E-state index in [1.54, 1.807) is 0 Å². The third kappa shape index (κ3) is 3.06. The molecule has 0 aliphatic carbocycles. The van der Waals surface area contributed by atoms with Crippen molar-refractivity contribution in [1.29, 1.82) is 0 Å². The van der Waals surface area contributed by atoms with E-state index < -0.39 is 0 Å². The number of thiophene rings is 1. The molecule has 2 rings (SSSR count). The van der Waals surface area contributed by atoms with Crippen LogP contribution in [0.2, 0.25) is 0 Å². The predicted molar refractivity (Wildman–Crippen MR) is 74.5 cm³/mol. The van der Waals surface area contributed by atoms with E-state index in [-0.39, 0.29) is 6.10 Å². The maximum absolute atomic E-state index is 9.53. The SMILES string of the molecule is CCC(O)CNC(C)c1cc2ccccc2s1. The van der Waals surface area contributed by atoms with Gasteiger partial charge < -0.3 is 10.4 Å². The molecular formula is C14H19NOS. The van der Waals surface area contributed by atoms with Crippen LogP contribution in [0.1, 0.15) is 31.2 Å². The average Bonchev–Trinajstić information content (AvgIpc) is 2.79. The number of fused-ring (bicyclic) bond motifs is 1. The molecule has 1 aromatic carbocycles. The molecule has 3 heteroatoms. The molecule has 0 amide bonds. The normalized spacial score (nSPS) is 15.0. The third-order valence-corrected chi connectivity index (χ3v) is 4.30. The fourth-order valence-corrected chi connectivity index (χ4v) is 2.86. The molecule has 92 valence electrons. The van der Waals surface area contributed by atoms with Crippen molar-refractivity contribution in [3.05, 3.63) is 35.2 Å². The number of benzene rings is 1. The largest absolute Gasteiger partial charge is 0.392 e. The number of aliphatic hydroxyl groups excluding tert-OH is 1. The molecule has 0 saturated carbocycles. The lowest BCUT2D eigenvalue weighted by Gasteiger charge is -2.14. The summed E-state index contributed by atoms with van der Waals surface area (Å²) < 4.78 is 1.33. The second-order valence-electron chi connectivity index (χ2n) is 4.38. The van der Waals surface area contributed by atoms with E-state index in [2.05, 4.69) is 42.6 Å². The second-order valence-corrected chi connectivity index (χ2v) is 5.49. The molecule has 0 bridgehead atoms. The Labute approximate surface area is 106 Å². The molecule has 2 unspecified atom stereocenters. The minimum absolute atomic E-state index is 0.244. The summed E-state index contributed by atoms with van der Waals surface area (Å²) in [6.45, 7) is 4.80. The van der Waals surface area contributed by atoms with Crippen molar-refractivity contribution >= 4 is 21.4 Å². The summed E-state index contributed by atoms with van der Waals surface area (Å²) in [5.41, 5.74) is 0. The number of aliphatic hydroxyl groups is 1. The summed E-state index contributed by atoms with van der Waals surface area (Å²) in [6, 6.07) is 11.0. The minimum Gasteiger partial charge on any atom is -0.392 e. The topological polar surface area (TPSA) is 32.3 Å². The maximum Gasteiger partial charge on any atom is 0.0662 e. The van der Waals surface area contributed by atoms with Crippen molar-refractivity contribution in [3.63, 3.8) is 0 Å². The van der Waals surface area contributed by atoms with Gasteiger partial charge in [0.15, 0.2) is 0 Å². The standard InChI is InChI=1S/C14H19NOS/c1-3-12(16)9-15-10(2)14-8-11-6-4-5-7-13(11)17-14/h4-8,10,12,15-16H,3,9H2,1-2H3. The van der Waals surface area contributed by atoms with Crippen molar-refractivity contribution in [3.8, 4) is 0 Å². The Morgan fingerprint density at radius 2 is 2.12 bits per heavy atom. The van der Waals surface area contributed by atoms with Gasteiger partial charge in [-0.15, -0.1) is 11.3 Å². The van der Waals surface area contributed by atoms with E-state index >= 15 is 0 Å². The van der Waals surface area contributed by atoms with E-state index in [1.807, 2.05) is 18.3 Å². The number of nitrogens with one attached hydrogen (secondary N) is 1. The van der Waals surface area contributed by atoms with Gasteiger partial charge in [0.1, 0.15) is 0 Å². The minimum atomic E-state index is -0.244. The summed E-state index contributed by atoms with van der Waals surface area (Å²) in [5, 5.41) is 14.2. The molecule has 2 atom stereocenters. The molecular weight excluding hydrogens is 230 g/mol. The predicted octanol–water partition coefficient (Wildman–Crippen LogP) is 3.32. The van der Waals surface area contributed by atoms with Crippen LogP contribution in [-0.2, 0) is 0 Å². The van der Waals surface area contributed by atoms with E-state index in [4.69, 9.17) is 0 Å². The Morgan fingerprint density at radius 1 is 1.35 bits per heavy atom. The molecule has 1 aromatic heterocycles. The highest BCUT2D eigenvalue weighted by molar-refractivity contribution is 7.19. The van der Waals surface area contributed by atoms with Crippen LogP contribution in [0, 0.1) is 0 Å². The van der Waals surface area contributed by atoms with Crippen molar-refractivity contribution in [2.75, 3.05) is 6.54 Å². The monoisotopic (exact) mass is 249 g/mol. The van der Waals surface area contributed by atoms with Crippen LogP contribution in [-0.4, -0.2) is 17.8 Å². The Kier molecular flexibility index (Phi) is 4.15. The Bertz CT molecular complexity index is 447. The van der Waals surface area contributed by atoms with E-state index in [0.29, 0.717) is 12.6 Å². The van der Waals surface area contributed by atoms with Gasteiger partial charge in [-0.05, 0) is 30.9 Å². The zero-order chi connectivity index (χ0) is 12.3. The van der Waals surface area contributed by atoms with Crippen molar-refractivity contribution in [2.45, 2.75) is 32.4 Å². The molecule has 0 aliphatic heterocycles. The molecule has 0 radical (unpaired) electrons. The Balaban J connectivity index is 2.06. The zero-order valence-electron chi connectivity index (χ0n) is 10.3. The molecule has 2 N–H and O–H groups in total. The average molecular weight is 249 g/mol. The first-order valence-corrected chi connectivity index (χ1v) is 6.92. The molecule has 1 heterocycles. The van der Waals surface area contributed by atoms with E-state index in [0.717, 1.165) is 6.42 Å². The van der Waals surface area contributed by atoms with Gasteiger partial charge in [-0.3, -0.25) is 0 Å². The van der Waals surface area contributed by atoms with Crippen LogP contribution in [0.4, 0.5) is 0 Å². The third-order valence-electron chi connectivity index (χ3n) is 3.00. The van der Waals surface area contributed by atoms with Crippen LogP contribution < -0.4 is 5.32 Å². The second kappa shape index (κ2) is 5.63. The van der Waals surface area contributed by atoms with Gasteiger partial charge in [0, 0.05) is 22.2 Å². The van der Waals surface area contributed by atoms with Crippen molar-refractivity contribution in [1.82, 2.24) is 5.32 Å². The maximum atomic E-state index is 9.53. The van der Waals surface area contributed by atoms with Crippen LogP contribution in [0.5, 0.6) is 0 Å². The molecule has 17 heavy (non-hydrogen) atoms. The first kappa shape index (κ1) is 12.6. The quantitative estimate of drug-likeness (QED) is 0.852. The van der Waals surface area contributed by atoms with Gasteiger partial charge in [-0.2, -0.15) is 0 Å². The molecule has 0 spiro atoms. The summed E-state index contributed by atoms with van der Waals surface area (Å²) >= 11 is 1.82. The lowest BCUT2D eigenvalue weighted by molar-refractivity contribution is 0.164. The van der Waals surface area contributed by atoms with Crippen molar-refractivity contribution < 1.29 is 5.11 Å². The van der Waals surface area contributed by atoms with Crippen LogP contribution in [0.3, 0.4) is 0 Å². The van der Waals surface area contributed by atoms with E-state index in [9.17, 15) is 5.11 Å².